The van der Waals surface area contributed by atoms with Gasteiger partial charge in [-0.2, -0.15) is 13.2 Å². The summed E-state index contributed by atoms with van der Waals surface area (Å²) in [5, 5.41) is 0. The first kappa shape index (κ1) is 11.5. The van der Waals surface area contributed by atoms with Crippen LogP contribution in [0.1, 0.15) is 43.3 Å². The van der Waals surface area contributed by atoms with Crippen molar-refractivity contribution in [3.8, 4) is 5.75 Å². The number of ether oxygens (including phenoxy) is 1. The van der Waals surface area contributed by atoms with E-state index in [-0.39, 0.29) is 11.3 Å². The van der Waals surface area contributed by atoms with E-state index in [4.69, 9.17) is 17.3 Å². The van der Waals surface area contributed by atoms with E-state index in [0.29, 0.717) is 25.8 Å². The van der Waals surface area contributed by atoms with Crippen molar-refractivity contribution in [3.05, 3.63) is 65.6 Å². The fraction of sp³-hybridized carbons (Fsp3) is 0.333. The Morgan fingerprint density at radius 1 is 1.04 bits per heavy atom. The van der Waals surface area contributed by atoms with E-state index < -0.39 is 48.1 Å². The number of hydrogen-bond acceptors (Lipinski definition) is 2. The highest BCUT2D eigenvalue weighted by molar-refractivity contribution is 5.30. The molecule has 0 aromatic heterocycles. The van der Waals surface area contributed by atoms with Crippen LogP contribution >= 0.6 is 0 Å². The summed E-state index contributed by atoms with van der Waals surface area (Å²) in [7, 11) is 0. The highest BCUT2D eigenvalue weighted by atomic mass is 19.4. The van der Waals surface area contributed by atoms with Gasteiger partial charge in [0.1, 0.15) is 11.9 Å². The molecule has 2 rings (SSSR count). The van der Waals surface area contributed by atoms with Crippen LogP contribution in [0.4, 0.5) is 13.2 Å². The number of benzene rings is 2. The van der Waals surface area contributed by atoms with Gasteiger partial charge in [0, 0.05) is 0 Å². The summed E-state index contributed by atoms with van der Waals surface area (Å²) in [5.41, 5.74) is 4.63. The number of unbranched alkanes of at least 4 members (excludes halogenated alkanes) is 1. The van der Waals surface area contributed by atoms with Crippen molar-refractivity contribution in [2.24, 2.45) is 5.73 Å². The lowest BCUT2D eigenvalue weighted by Gasteiger charge is -2.20. The Kier molecular flexibility index (Phi) is 4.01. The summed E-state index contributed by atoms with van der Waals surface area (Å²) in [5.74, 6) is 0.109. The standard InChI is InChI=1S/C18H20F3NO/c19-18(20,21)15-9-11-16(12-10-15)23-17(8-4-5-13-22)14-6-2-1-3-7-14/h1-3,6-7,9-12,17H,4-5,8,13,22H2/t17-/m1/s1/i1D,2D,3D,6D,7D. The molecule has 0 radical (unpaired) electrons. The first-order valence-corrected chi connectivity index (χ1v) is 7.18. The zero-order valence-corrected chi connectivity index (χ0v) is 12.3. The van der Waals surface area contributed by atoms with E-state index in [1.54, 1.807) is 0 Å². The van der Waals surface area contributed by atoms with Gasteiger partial charge in [-0.15, -0.1) is 0 Å². The molecule has 0 aliphatic heterocycles. The van der Waals surface area contributed by atoms with Gasteiger partial charge in [0.25, 0.3) is 0 Å². The average Bonchev–Trinajstić information content (AvgIpc) is 2.64. The second-order valence-electron chi connectivity index (χ2n) is 4.95. The molecule has 0 saturated heterocycles. The predicted molar refractivity (Wildman–Crippen MR) is 84.2 cm³/mol. The van der Waals surface area contributed by atoms with Crippen LogP contribution in [0.15, 0.2) is 54.5 Å². The molecular formula is C18H20F3NO. The molecule has 1 atom stereocenters. The lowest BCUT2D eigenvalue weighted by molar-refractivity contribution is -0.137. The fourth-order valence-electron chi connectivity index (χ4n) is 2.04. The third-order valence-electron chi connectivity index (χ3n) is 3.22. The van der Waals surface area contributed by atoms with E-state index in [0.717, 1.165) is 24.3 Å². The lowest BCUT2D eigenvalue weighted by atomic mass is 10.0. The first-order valence-electron chi connectivity index (χ1n) is 9.68. The molecule has 5 heteroatoms. The third-order valence-corrected chi connectivity index (χ3v) is 3.22. The quantitative estimate of drug-likeness (QED) is 0.730. The van der Waals surface area contributed by atoms with Crippen LogP contribution in [-0.2, 0) is 6.18 Å². The molecule has 0 unspecified atom stereocenters. The Labute approximate surface area is 141 Å². The topological polar surface area (TPSA) is 35.2 Å². The second kappa shape index (κ2) is 8.02. The fourth-order valence-corrected chi connectivity index (χ4v) is 2.04. The zero-order chi connectivity index (χ0) is 21.1. The molecule has 2 aromatic rings. The normalized spacial score (nSPS) is 15.9. The highest BCUT2D eigenvalue weighted by Crippen LogP contribution is 2.32. The minimum Gasteiger partial charge on any atom is -0.486 e. The summed E-state index contributed by atoms with van der Waals surface area (Å²) in [6.07, 6.45) is -3.91. The first-order chi connectivity index (χ1) is 13.1. The van der Waals surface area contributed by atoms with E-state index in [1.807, 2.05) is 0 Å². The van der Waals surface area contributed by atoms with Gasteiger partial charge >= 0.3 is 6.18 Å². The monoisotopic (exact) mass is 328 g/mol. The molecule has 0 aliphatic carbocycles. The number of halogens is 3. The van der Waals surface area contributed by atoms with Gasteiger partial charge in [0.05, 0.1) is 12.4 Å². The Morgan fingerprint density at radius 2 is 1.70 bits per heavy atom. The minimum atomic E-state index is -4.48. The van der Waals surface area contributed by atoms with E-state index >= 15 is 0 Å². The lowest BCUT2D eigenvalue weighted by Crippen LogP contribution is -2.09. The smallest absolute Gasteiger partial charge is 0.416 e. The summed E-state index contributed by atoms with van der Waals surface area (Å²) in [6.45, 7) is 0.410. The van der Waals surface area contributed by atoms with Gasteiger partial charge in [-0.3, -0.25) is 0 Å². The molecule has 0 fully saturated rings. The maximum Gasteiger partial charge on any atom is 0.416 e. The van der Waals surface area contributed by atoms with Gasteiger partial charge in [-0.05, 0) is 55.6 Å². The molecule has 0 spiro atoms. The number of hydrogen-bond donors (Lipinski definition) is 1. The maximum absolute atomic E-state index is 12.7. The van der Waals surface area contributed by atoms with Crippen LogP contribution in [0.25, 0.3) is 0 Å². The highest BCUT2D eigenvalue weighted by Gasteiger charge is 2.30. The molecule has 0 aliphatic rings. The summed E-state index contributed by atoms with van der Waals surface area (Å²) >= 11 is 0. The van der Waals surface area contributed by atoms with Crippen molar-refractivity contribution < 1.29 is 24.8 Å². The van der Waals surface area contributed by atoms with Gasteiger partial charge in [0.15, 0.2) is 0 Å². The van der Waals surface area contributed by atoms with Gasteiger partial charge in [0.2, 0.25) is 0 Å². The van der Waals surface area contributed by atoms with Crippen molar-refractivity contribution in [3.63, 3.8) is 0 Å². The molecule has 0 bridgehead atoms. The number of rotatable bonds is 7. The molecule has 2 N–H and O–H groups in total. The van der Waals surface area contributed by atoms with Crippen molar-refractivity contribution in [2.75, 3.05) is 6.54 Å². The SMILES string of the molecule is [2H]c1c([2H])c([2H])c([C@@H](CCCCN)Oc2ccc(C(F)(F)F)cc2)c([2H])c1[2H]. The molecule has 0 heterocycles. The molecular weight excluding hydrogens is 303 g/mol. The Hall–Kier alpha value is -2.01. The number of alkyl halides is 3. The van der Waals surface area contributed by atoms with Crippen molar-refractivity contribution in [1.82, 2.24) is 0 Å². The number of nitrogens with two attached hydrogens (primary N) is 1. The van der Waals surface area contributed by atoms with Crippen LogP contribution in [0.3, 0.4) is 0 Å². The summed E-state index contributed by atoms with van der Waals surface area (Å²) < 4.78 is 83.4. The van der Waals surface area contributed by atoms with E-state index in [1.165, 1.54) is 0 Å². The molecule has 0 amide bonds. The molecule has 23 heavy (non-hydrogen) atoms. The van der Waals surface area contributed by atoms with E-state index in [9.17, 15) is 13.2 Å². The van der Waals surface area contributed by atoms with Crippen LogP contribution in [0, 0.1) is 0 Å². The molecule has 0 saturated carbocycles. The predicted octanol–water partition coefficient (Wildman–Crippen LogP) is 4.95. The van der Waals surface area contributed by atoms with Crippen LogP contribution in [0.2, 0.25) is 0 Å². The van der Waals surface area contributed by atoms with Crippen molar-refractivity contribution in [1.29, 1.82) is 0 Å². The Morgan fingerprint density at radius 3 is 2.26 bits per heavy atom. The minimum absolute atomic E-state index is 0.0251. The second-order valence-corrected chi connectivity index (χ2v) is 4.95. The average molecular weight is 328 g/mol. The van der Waals surface area contributed by atoms with Gasteiger partial charge in [-0.25, -0.2) is 0 Å². The van der Waals surface area contributed by atoms with Crippen molar-refractivity contribution >= 4 is 0 Å². The van der Waals surface area contributed by atoms with Crippen molar-refractivity contribution in [2.45, 2.75) is 31.5 Å². The molecule has 124 valence electrons. The maximum atomic E-state index is 12.7. The zero-order valence-electron chi connectivity index (χ0n) is 17.3. The molecule has 2 nitrogen and oxygen atoms in total. The molecule has 2 aromatic carbocycles. The summed E-state index contributed by atoms with van der Waals surface area (Å²) in [6, 6.07) is 1.75. The van der Waals surface area contributed by atoms with E-state index in [2.05, 4.69) is 0 Å². The largest absolute Gasteiger partial charge is 0.486 e. The Bertz CT molecular complexity index is 798. The summed E-state index contributed by atoms with van der Waals surface area (Å²) in [4.78, 5) is 0. The van der Waals surface area contributed by atoms with Crippen LogP contribution < -0.4 is 10.5 Å². The van der Waals surface area contributed by atoms with Crippen LogP contribution in [0.5, 0.6) is 5.75 Å². The van der Waals surface area contributed by atoms with Crippen LogP contribution in [-0.4, -0.2) is 6.54 Å². The Balaban J connectivity index is 2.41. The van der Waals surface area contributed by atoms with Gasteiger partial charge in [-0.1, -0.05) is 30.2 Å². The third kappa shape index (κ3) is 5.28. The van der Waals surface area contributed by atoms with Gasteiger partial charge < -0.3 is 10.5 Å².